The molecule has 2 N–H and O–H groups in total. The molecule has 1 fully saturated rings. The maximum absolute atomic E-state index is 13.0. The fourth-order valence-electron chi connectivity index (χ4n) is 3.19. The van der Waals surface area contributed by atoms with Crippen molar-refractivity contribution < 1.29 is 8.42 Å². The van der Waals surface area contributed by atoms with Crippen LogP contribution in [0.3, 0.4) is 0 Å². The van der Waals surface area contributed by atoms with Crippen molar-refractivity contribution in [3.63, 3.8) is 0 Å². The summed E-state index contributed by atoms with van der Waals surface area (Å²) in [5.41, 5.74) is 7.85. The second-order valence-electron chi connectivity index (χ2n) is 6.36. The molecule has 2 rings (SSSR count). The van der Waals surface area contributed by atoms with Gasteiger partial charge in [0, 0.05) is 18.8 Å². The van der Waals surface area contributed by atoms with Crippen molar-refractivity contribution in [3.8, 4) is 0 Å². The Balaban J connectivity index is 2.36. The first kappa shape index (κ1) is 16.3. The SMILES string of the molecule is Cc1ccc(N)c(C)c1S(=O)(=O)N(C)C1CCC(C)CC1. The van der Waals surface area contributed by atoms with Gasteiger partial charge in [-0.2, -0.15) is 4.31 Å². The number of nitrogen functional groups attached to an aromatic ring is 1. The largest absolute Gasteiger partial charge is 0.398 e. The molecule has 5 heteroatoms. The first-order valence-corrected chi connectivity index (χ1v) is 9.03. The highest BCUT2D eigenvalue weighted by Crippen LogP contribution is 2.32. The monoisotopic (exact) mass is 310 g/mol. The maximum atomic E-state index is 13.0. The lowest BCUT2D eigenvalue weighted by atomic mass is 9.87. The number of anilines is 1. The summed E-state index contributed by atoms with van der Waals surface area (Å²) < 4.78 is 27.5. The van der Waals surface area contributed by atoms with Gasteiger partial charge >= 0.3 is 0 Å². The Bertz CT molecular complexity index is 617. The average Bonchev–Trinajstić information content (AvgIpc) is 2.43. The van der Waals surface area contributed by atoms with Gasteiger partial charge in [-0.05, 0) is 62.6 Å². The summed E-state index contributed by atoms with van der Waals surface area (Å²) in [6.07, 6.45) is 4.08. The standard InChI is InChI=1S/C16H26N2O2S/c1-11-5-8-14(9-6-11)18(4)21(19,20)16-12(2)7-10-15(17)13(16)3/h7,10-11,14H,5-6,8-9,17H2,1-4H3. The van der Waals surface area contributed by atoms with E-state index in [9.17, 15) is 8.42 Å². The van der Waals surface area contributed by atoms with Gasteiger partial charge in [-0.1, -0.05) is 13.0 Å². The van der Waals surface area contributed by atoms with Crippen LogP contribution in [0.2, 0.25) is 0 Å². The van der Waals surface area contributed by atoms with Gasteiger partial charge in [0.2, 0.25) is 10.0 Å². The summed E-state index contributed by atoms with van der Waals surface area (Å²) in [7, 11) is -1.78. The van der Waals surface area contributed by atoms with Gasteiger partial charge in [0.05, 0.1) is 4.90 Å². The Morgan fingerprint density at radius 1 is 1.14 bits per heavy atom. The molecule has 0 aliphatic heterocycles. The van der Waals surface area contributed by atoms with E-state index < -0.39 is 10.0 Å². The molecule has 0 aromatic heterocycles. The first-order chi connectivity index (χ1) is 9.75. The molecule has 0 heterocycles. The van der Waals surface area contributed by atoms with Gasteiger partial charge in [0.15, 0.2) is 0 Å². The molecule has 1 aromatic carbocycles. The molecule has 4 nitrogen and oxygen atoms in total. The molecule has 0 atom stereocenters. The van der Waals surface area contributed by atoms with Crippen molar-refractivity contribution in [2.24, 2.45) is 5.92 Å². The third kappa shape index (κ3) is 3.09. The number of sulfonamides is 1. The molecule has 0 radical (unpaired) electrons. The average molecular weight is 310 g/mol. The van der Waals surface area contributed by atoms with Crippen molar-refractivity contribution in [1.29, 1.82) is 0 Å². The van der Waals surface area contributed by atoms with E-state index in [1.807, 2.05) is 6.92 Å². The van der Waals surface area contributed by atoms with Crippen LogP contribution in [0.15, 0.2) is 17.0 Å². The van der Waals surface area contributed by atoms with E-state index in [-0.39, 0.29) is 6.04 Å². The van der Waals surface area contributed by atoms with Gasteiger partial charge < -0.3 is 5.73 Å². The topological polar surface area (TPSA) is 63.4 Å². The minimum Gasteiger partial charge on any atom is -0.398 e. The Morgan fingerprint density at radius 2 is 1.71 bits per heavy atom. The summed E-state index contributed by atoms with van der Waals surface area (Å²) >= 11 is 0. The van der Waals surface area contributed by atoms with E-state index in [4.69, 9.17) is 5.73 Å². The molecular formula is C16H26N2O2S. The van der Waals surface area contributed by atoms with Gasteiger partial charge in [-0.25, -0.2) is 8.42 Å². The third-order valence-electron chi connectivity index (χ3n) is 4.78. The van der Waals surface area contributed by atoms with Crippen molar-refractivity contribution >= 4 is 15.7 Å². The van der Waals surface area contributed by atoms with Crippen molar-refractivity contribution in [3.05, 3.63) is 23.3 Å². The smallest absolute Gasteiger partial charge is 0.243 e. The third-order valence-corrected chi connectivity index (χ3v) is 6.98. The van der Waals surface area contributed by atoms with Crippen molar-refractivity contribution in [2.45, 2.75) is 57.4 Å². The quantitative estimate of drug-likeness (QED) is 0.873. The highest BCUT2D eigenvalue weighted by atomic mass is 32.2. The van der Waals surface area contributed by atoms with E-state index in [0.29, 0.717) is 22.1 Å². The zero-order valence-corrected chi connectivity index (χ0v) is 14.2. The van der Waals surface area contributed by atoms with Crippen LogP contribution in [-0.2, 0) is 10.0 Å². The zero-order valence-electron chi connectivity index (χ0n) is 13.4. The summed E-state index contributed by atoms with van der Waals surface area (Å²) in [5.74, 6) is 0.702. The fourth-order valence-corrected chi connectivity index (χ4v) is 5.06. The zero-order chi connectivity index (χ0) is 15.8. The predicted octanol–water partition coefficient (Wildman–Crippen LogP) is 3.08. The maximum Gasteiger partial charge on any atom is 0.243 e. The van der Waals surface area contributed by atoms with Crippen LogP contribution in [0.1, 0.15) is 43.7 Å². The van der Waals surface area contributed by atoms with Crippen molar-refractivity contribution in [1.82, 2.24) is 4.31 Å². The van der Waals surface area contributed by atoms with Crippen LogP contribution < -0.4 is 5.73 Å². The Morgan fingerprint density at radius 3 is 2.29 bits per heavy atom. The van der Waals surface area contributed by atoms with Crippen LogP contribution in [0.4, 0.5) is 5.69 Å². The lowest BCUT2D eigenvalue weighted by Crippen LogP contribution is -2.39. The summed E-state index contributed by atoms with van der Waals surface area (Å²) in [4.78, 5) is 0.378. The number of aryl methyl sites for hydroxylation is 1. The molecule has 1 aliphatic carbocycles. The van der Waals surface area contributed by atoms with E-state index in [1.165, 1.54) is 0 Å². The van der Waals surface area contributed by atoms with Crippen LogP contribution in [-0.4, -0.2) is 25.8 Å². The normalized spacial score (nSPS) is 23.5. The highest BCUT2D eigenvalue weighted by molar-refractivity contribution is 7.89. The van der Waals surface area contributed by atoms with Crippen molar-refractivity contribution in [2.75, 3.05) is 12.8 Å². The molecule has 118 valence electrons. The second kappa shape index (κ2) is 5.97. The molecule has 0 bridgehead atoms. The van der Waals surface area contributed by atoms with Crippen LogP contribution >= 0.6 is 0 Å². The van der Waals surface area contributed by atoms with E-state index in [2.05, 4.69) is 6.92 Å². The summed E-state index contributed by atoms with van der Waals surface area (Å²) in [5, 5.41) is 0. The molecule has 1 saturated carbocycles. The lowest BCUT2D eigenvalue weighted by Gasteiger charge is -2.33. The summed E-state index contributed by atoms with van der Waals surface area (Å²) in [6, 6.07) is 3.66. The minimum absolute atomic E-state index is 0.103. The minimum atomic E-state index is -3.49. The van der Waals surface area contributed by atoms with Crippen LogP contribution in [0.25, 0.3) is 0 Å². The molecule has 0 amide bonds. The number of rotatable bonds is 3. The van der Waals surface area contributed by atoms with E-state index in [1.54, 1.807) is 30.4 Å². The lowest BCUT2D eigenvalue weighted by molar-refractivity contribution is 0.246. The molecule has 21 heavy (non-hydrogen) atoms. The van der Waals surface area contributed by atoms with Gasteiger partial charge in [-0.3, -0.25) is 0 Å². The fraction of sp³-hybridized carbons (Fsp3) is 0.625. The molecule has 0 spiro atoms. The Kier molecular flexibility index (Phi) is 4.63. The molecule has 1 aromatic rings. The summed E-state index contributed by atoms with van der Waals surface area (Å²) in [6.45, 7) is 5.85. The van der Waals surface area contributed by atoms with E-state index >= 15 is 0 Å². The highest BCUT2D eigenvalue weighted by Gasteiger charge is 2.32. The molecule has 0 unspecified atom stereocenters. The predicted molar refractivity (Wildman–Crippen MR) is 86.7 cm³/mol. The first-order valence-electron chi connectivity index (χ1n) is 7.59. The number of benzene rings is 1. The van der Waals surface area contributed by atoms with Gasteiger partial charge in [0.25, 0.3) is 0 Å². The van der Waals surface area contributed by atoms with Crippen LogP contribution in [0, 0.1) is 19.8 Å². The number of nitrogens with zero attached hydrogens (tertiary/aromatic N) is 1. The molecule has 0 saturated heterocycles. The Hall–Kier alpha value is -1.07. The molecule has 1 aliphatic rings. The van der Waals surface area contributed by atoms with Gasteiger partial charge in [0.1, 0.15) is 0 Å². The Labute approximate surface area is 128 Å². The number of nitrogens with two attached hydrogens (primary N) is 1. The van der Waals surface area contributed by atoms with E-state index in [0.717, 1.165) is 31.2 Å². The van der Waals surface area contributed by atoms with Gasteiger partial charge in [-0.15, -0.1) is 0 Å². The number of hydrogen-bond donors (Lipinski definition) is 1. The number of hydrogen-bond acceptors (Lipinski definition) is 3. The second-order valence-corrected chi connectivity index (χ2v) is 8.30. The van der Waals surface area contributed by atoms with Crippen LogP contribution in [0.5, 0.6) is 0 Å². The molecular weight excluding hydrogens is 284 g/mol.